The number of carbonyl (C=O) groups is 1. The van der Waals surface area contributed by atoms with Crippen LogP contribution < -0.4 is 4.90 Å². The molecule has 0 spiro atoms. The zero-order chi connectivity index (χ0) is 22.0. The molecular weight excluding hydrogens is 452 g/mol. The van der Waals surface area contributed by atoms with E-state index in [1.165, 1.54) is 23.5 Å². The fraction of sp³-hybridized carbons (Fsp3) is 0.130. The van der Waals surface area contributed by atoms with E-state index in [0.717, 1.165) is 27.6 Å². The standard InChI is InChI=1S/C23H19ClN2O3S2/c1-31(28,29)19-10-7-16(8-11-19)13-22(27)26(15-17-5-3-2-4-6-17)23-25-20-12-9-18(24)14-21(20)30-23/h2-12,14H,13,15H2,1H3. The lowest BCUT2D eigenvalue weighted by atomic mass is 10.1. The SMILES string of the molecule is CS(=O)(=O)c1ccc(CC(=O)N(Cc2ccccc2)c2nc3ccc(Cl)cc3s2)cc1. The van der Waals surface area contributed by atoms with Crippen molar-refractivity contribution in [2.75, 3.05) is 11.2 Å². The first-order valence-electron chi connectivity index (χ1n) is 9.49. The molecule has 158 valence electrons. The average Bonchev–Trinajstić information content (AvgIpc) is 3.15. The van der Waals surface area contributed by atoms with Gasteiger partial charge in [-0.2, -0.15) is 0 Å². The topological polar surface area (TPSA) is 67.3 Å². The van der Waals surface area contributed by atoms with Crippen molar-refractivity contribution in [2.24, 2.45) is 0 Å². The minimum Gasteiger partial charge on any atom is -0.283 e. The smallest absolute Gasteiger partial charge is 0.233 e. The summed E-state index contributed by atoms with van der Waals surface area (Å²) in [7, 11) is -3.28. The molecule has 0 aliphatic rings. The Hall–Kier alpha value is -2.74. The molecule has 4 aromatic rings. The summed E-state index contributed by atoms with van der Waals surface area (Å²) in [5.74, 6) is -0.124. The predicted octanol–water partition coefficient (Wildman–Crippen LogP) is 5.13. The maximum absolute atomic E-state index is 13.3. The van der Waals surface area contributed by atoms with Crippen LogP contribution in [0.5, 0.6) is 0 Å². The highest BCUT2D eigenvalue weighted by Gasteiger charge is 2.21. The van der Waals surface area contributed by atoms with Gasteiger partial charge >= 0.3 is 0 Å². The van der Waals surface area contributed by atoms with Crippen LogP contribution >= 0.6 is 22.9 Å². The number of hydrogen-bond donors (Lipinski definition) is 0. The van der Waals surface area contributed by atoms with Crippen molar-refractivity contribution in [3.05, 3.63) is 88.9 Å². The molecule has 0 bridgehead atoms. The third-order valence-corrected chi connectivity index (χ3v) is 7.17. The highest BCUT2D eigenvalue weighted by Crippen LogP contribution is 2.32. The van der Waals surface area contributed by atoms with E-state index in [2.05, 4.69) is 4.98 Å². The van der Waals surface area contributed by atoms with E-state index in [9.17, 15) is 13.2 Å². The molecule has 0 radical (unpaired) electrons. The molecule has 31 heavy (non-hydrogen) atoms. The number of benzene rings is 3. The van der Waals surface area contributed by atoms with Gasteiger partial charge < -0.3 is 0 Å². The second-order valence-electron chi connectivity index (χ2n) is 7.17. The van der Waals surface area contributed by atoms with Gasteiger partial charge in [-0.25, -0.2) is 13.4 Å². The second-order valence-corrected chi connectivity index (χ2v) is 10.6. The van der Waals surface area contributed by atoms with Gasteiger partial charge in [-0.05, 0) is 41.5 Å². The molecule has 0 atom stereocenters. The Balaban J connectivity index is 1.65. The van der Waals surface area contributed by atoms with Crippen LogP contribution in [0.4, 0.5) is 5.13 Å². The van der Waals surface area contributed by atoms with E-state index in [-0.39, 0.29) is 17.2 Å². The van der Waals surface area contributed by atoms with Gasteiger partial charge in [0.1, 0.15) is 0 Å². The van der Waals surface area contributed by atoms with Crippen molar-refractivity contribution in [1.82, 2.24) is 4.98 Å². The zero-order valence-electron chi connectivity index (χ0n) is 16.7. The number of amides is 1. The summed E-state index contributed by atoms with van der Waals surface area (Å²) < 4.78 is 24.3. The minimum atomic E-state index is -3.28. The van der Waals surface area contributed by atoms with E-state index in [1.54, 1.807) is 23.1 Å². The number of anilines is 1. The molecule has 0 unspecified atom stereocenters. The van der Waals surface area contributed by atoms with Gasteiger partial charge in [0.2, 0.25) is 5.91 Å². The fourth-order valence-electron chi connectivity index (χ4n) is 3.15. The quantitative estimate of drug-likeness (QED) is 0.392. The highest BCUT2D eigenvalue weighted by atomic mass is 35.5. The van der Waals surface area contributed by atoms with Gasteiger partial charge in [-0.1, -0.05) is 65.4 Å². The number of rotatable bonds is 6. The average molecular weight is 471 g/mol. The van der Waals surface area contributed by atoms with E-state index in [4.69, 9.17) is 11.6 Å². The number of halogens is 1. The molecule has 8 heteroatoms. The molecule has 0 N–H and O–H groups in total. The molecule has 1 heterocycles. The Morgan fingerprint density at radius 2 is 1.71 bits per heavy atom. The number of hydrogen-bond acceptors (Lipinski definition) is 5. The number of nitrogens with zero attached hydrogens (tertiary/aromatic N) is 2. The first-order chi connectivity index (χ1) is 14.8. The summed E-state index contributed by atoms with van der Waals surface area (Å²) in [6.07, 6.45) is 1.29. The van der Waals surface area contributed by atoms with Crippen molar-refractivity contribution in [3.8, 4) is 0 Å². The minimum absolute atomic E-state index is 0.124. The normalized spacial score (nSPS) is 11.5. The van der Waals surface area contributed by atoms with E-state index in [0.29, 0.717) is 16.7 Å². The third kappa shape index (κ3) is 5.12. The maximum Gasteiger partial charge on any atom is 0.233 e. The van der Waals surface area contributed by atoms with Crippen molar-refractivity contribution in [3.63, 3.8) is 0 Å². The summed E-state index contributed by atoms with van der Waals surface area (Å²) in [5, 5.41) is 1.22. The van der Waals surface area contributed by atoms with E-state index < -0.39 is 9.84 Å². The van der Waals surface area contributed by atoms with Gasteiger partial charge in [0.05, 0.1) is 28.1 Å². The largest absolute Gasteiger partial charge is 0.283 e. The molecule has 3 aromatic carbocycles. The second kappa shape index (κ2) is 8.78. The lowest BCUT2D eigenvalue weighted by Gasteiger charge is -2.20. The van der Waals surface area contributed by atoms with Gasteiger partial charge in [-0.15, -0.1) is 0 Å². The molecule has 4 rings (SSSR count). The fourth-order valence-corrected chi connectivity index (χ4v) is 5.04. The molecule has 1 amide bonds. The van der Waals surface area contributed by atoms with Crippen LogP contribution in [0, 0.1) is 0 Å². The number of thiazole rings is 1. The Kier molecular flexibility index (Phi) is 6.09. The number of carbonyl (C=O) groups excluding carboxylic acids is 1. The lowest BCUT2D eigenvalue weighted by Crippen LogP contribution is -2.31. The number of aromatic nitrogens is 1. The van der Waals surface area contributed by atoms with Crippen molar-refractivity contribution in [1.29, 1.82) is 0 Å². The molecular formula is C23H19ClN2O3S2. The van der Waals surface area contributed by atoms with Crippen LogP contribution in [0.2, 0.25) is 5.02 Å². The summed E-state index contributed by atoms with van der Waals surface area (Å²) >= 11 is 7.52. The van der Waals surface area contributed by atoms with Crippen LogP contribution in [0.3, 0.4) is 0 Å². The highest BCUT2D eigenvalue weighted by molar-refractivity contribution is 7.90. The molecule has 0 saturated carbocycles. The third-order valence-electron chi connectivity index (χ3n) is 4.76. The molecule has 0 aliphatic heterocycles. The number of fused-ring (bicyclic) bond motifs is 1. The first-order valence-corrected chi connectivity index (χ1v) is 12.6. The Morgan fingerprint density at radius 1 is 1.00 bits per heavy atom. The Labute approximate surface area is 189 Å². The summed E-state index contributed by atoms with van der Waals surface area (Å²) in [4.78, 5) is 19.8. The van der Waals surface area contributed by atoms with Crippen LogP contribution in [0.25, 0.3) is 10.2 Å². The van der Waals surface area contributed by atoms with Gasteiger partial charge in [0.25, 0.3) is 0 Å². The summed E-state index contributed by atoms with van der Waals surface area (Å²) in [6.45, 7) is 0.384. The molecule has 0 aliphatic carbocycles. The Morgan fingerprint density at radius 3 is 2.39 bits per heavy atom. The van der Waals surface area contributed by atoms with Crippen LogP contribution in [-0.2, 0) is 27.6 Å². The van der Waals surface area contributed by atoms with Crippen LogP contribution in [0.1, 0.15) is 11.1 Å². The van der Waals surface area contributed by atoms with Gasteiger partial charge in [-0.3, -0.25) is 9.69 Å². The summed E-state index contributed by atoms with van der Waals surface area (Å²) in [5.41, 5.74) is 2.51. The van der Waals surface area contributed by atoms with Gasteiger partial charge in [0, 0.05) is 11.3 Å². The van der Waals surface area contributed by atoms with Crippen molar-refractivity contribution >= 4 is 54.0 Å². The van der Waals surface area contributed by atoms with E-state index >= 15 is 0 Å². The monoisotopic (exact) mass is 470 g/mol. The number of sulfone groups is 1. The molecule has 5 nitrogen and oxygen atoms in total. The van der Waals surface area contributed by atoms with Crippen LogP contribution in [-0.4, -0.2) is 25.6 Å². The zero-order valence-corrected chi connectivity index (χ0v) is 19.0. The van der Waals surface area contributed by atoms with Crippen LogP contribution in [0.15, 0.2) is 77.7 Å². The van der Waals surface area contributed by atoms with Gasteiger partial charge in [0.15, 0.2) is 15.0 Å². The summed E-state index contributed by atoms with van der Waals surface area (Å²) in [6, 6.07) is 21.6. The molecule has 0 saturated heterocycles. The maximum atomic E-state index is 13.3. The molecule has 0 fully saturated rings. The lowest BCUT2D eigenvalue weighted by molar-refractivity contribution is -0.118. The van der Waals surface area contributed by atoms with Crippen molar-refractivity contribution in [2.45, 2.75) is 17.9 Å². The predicted molar refractivity (Wildman–Crippen MR) is 126 cm³/mol. The first kappa shape index (κ1) is 21.5. The Bertz CT molecular complexity index is 1330. The van der Waals surface area contributed by atoms with E-state index in [1.807, 2.05) is 42.5 Å². The molecule has 1 aromatic heterocycles. The van der Waals surface area contributed by atoms with Crippen molar-refractivity contribution < 1.29 is 13.2 Å².